The van der Waals surface area contributed by atoms with Gasteiger partial charge in [-0.15, -0.1) is 0 Å². The minimum Gasteiger partial charge on any atom is -0.250 e. The molecule has 21 heavy (non-hydrogen) atoms. The summed E-state index contributed by atoms with van der Waals surface area (Å²) in [5.41, 5.74) is 2.72. The zero-order valence-corrected chi connectivity index (χ0v) is 12.1. The number of benzene rings is 3. The van der Waals surface area contributed by atoms with Crippen molar-refractivity contribution in [1.82, 2.24) is 0 Å². The highest BCUT2D eigenvalue weighted by molar-refractivity contribution is 7.37. The number of para-hydroxylation sites is 1. The number of fused-ring (bicyclic) bond motifs is 3. The van der Waals surface area contributed by atoms with Gasteiger partial charge in [-0.1, -0.05) is 54.6 Å². The predicted molar refractivity (Wildman–Crippen MR) is 86.8 cm³/mol. The third-order valence-electron chi connectivity index (χ3n) is 3.66. The van der Waals surface area contributed by atoms with Crippen LogP contribution in [0.5, 0.6) is 0 Å². The first-order valence-corrected chi connectivity index (χ1v) is 7.95. The molecule has 0 bridgehead atoms. The van der Waals surface area contributed by atoms with E-state index >= 15 is 0 Å². The van der Waals surface area contributed by atoms with Crippen LogP contribution >= 0.6 is 7.65 Å². The summed E-state index contributed by atoms with van der Waals surface area (Å²) in [4.78, 5) is 0. The largest absolute Gasteiger partial charge is 0.598 e. The standard InChI is InChI=1S/C18H12O2P/c19-21-18-14(13-7-2-1-3-8-13)10-6-11-16(18)15-9-4-5-12-17(15)20-21/h1-12H/q+1. The zero-order valence-electron chi connectivity index (χ0n) is 11.2. The first-order valence-electron chi connectivity index (χ1n) is 6.77. The Kier molecular flexibility index (Phi) is 2.83. The van der Waals surface area contributed by atoms with Crippen molar-refractivity contribution in [2.45, 2.75) is 0 Å². The lowest BCUT2D eigenvalue weighted by atomic mass is 10.0. The zero-order chi connectivity index (χ0) is 14.2. The van der Waals surface area contributed by atoms with Crippen molar-refractivity contribution in [3.05, 3.63) is 72.8 Å². The van der Waals surface area contributed by atoms with Gasteiger partial charge in [0.05, 0.1) is 0 Å². The van der Waals surface area contributed by atoms with Gasteiger partial charge in [0, 0.05) is 16.3 Å². The minimum absolute atomic E-state index is 0.691. The SMILES string of the molecule is O=[p+]1oc2ccccc2c2cccc(-c3ccccc3)c21. The van der Waals surface area contributed by atoms with Gasteiger partial charge >= 0.3 is 7.65 Å². The predicted octanol–water partition coefficient (Wildman–Crippen LogP) is 6.00. The summed E-state index contributed by atoms with van der Waals surface area (Å²) in [5.74, 6) is 0. The fourth-order valence-electron chi connectivity index (χ4n) is 2.71. The summed E-state index contributed by atoms with van der Waals surface area (Å²) in [7, 11) is -1.89. The molecule has 3 aromatic carbocycles. The van der Waals surface area contributed by atoms with Crippen LogP contribution in [0.15, 0.2) is 77.0 Å². The minimum atomic E-state index is -1.89. The van der Waals surface area contributed by atoms with Crippen molar-refractivity contribution in [1.29, 1.82) is 0 Å². The van der Waals surface area contributed by atoms with Crippen LogP contribution in [0.4, 0.5) is 0 Å². The van der Waals surface area contributed by atoms with Gasteiger partial charge in [0.2, 0.25) is 5.12 Å². The molecule has 1 atom stereocenters. The quantitative estimate of drug-likeness (QED) is 0.403. The Labute approximate surface area is 122 Å². The molecule has 0 amide bonds. The van der Waals surface area contributed by atoms with Crippen molar-refractivity contribution >= 4 is 29.1 Å². The van der Waals surface area contributed by atoms with Crippen molar-refractivity contribution in [3.63, 3.8) is 0 Å². The van der Waals surface area contributed by atoms with Gasteiger partial charge in [0.15, 0.2) is 5.58 Å². The van der Waals surface area contributed by atoms with Crippen molar-refractivity contribution in [3.8, 4) is 11.1 Å². The molecule has 4 rings (SSSR count). The van der Waals surface area contributed by atoms with Gasteiger partial charge in [0.1, 0.15) is 0 Å². The lowest BCUT2D eigenvalue weighted by molar-refractivity contribution is 0.563. The van der Waals surface area contributed by atoms with Gasteiger partial charge in [0.25, 0.3) is 0 Å². The molecule has 1 aromatic heterocycles. The molecular weight excluding hydrogens is 279 g/mol. The van der Waals surface area contributed by atoms with Crippen LogP contribution in [0.25, 0.3) is 32.6 Å². The number of rotatable bonds is 1. The first-order chi connectivity index (χ1) is 10.3. The van der Waals surface area contributed by atoms with Crippen molar-refractivity contribution in [2.24, 2.45) is 0 Å². The molecule has 0 N–H and O–H groups in total. The van der Waals surface area contributed by atoms with Crippen LogP contribution in [-0.4, -0.2) is 0 Å². The molecule has 0 fully saturated rings. The number of hydrogen-bond donors (Lipinski definition) is 0. The van der Waals surface area contributed by atoms with E-state index in [4.69, 9.17) is 4.20 Å². The lowest BCUT2D eigenvalue weighted by Crippen LogP contribution is -1.81. The molecule has 0 aliphatic heterocycles. The summed E-state index contributed by atoms with van der Waals surface area (Å²) >= 11 is 0. The van der Waals surface area contributed by atoms with Gasteiger partial charge < -0.3 is 0 Å². The van der Waals surface area contributed by atoms with E-state index in [1.165, 1.54) is 0 Å². The smallest absolute Gasteiger partial charge is 0.250 e. The van der Waals surface area contributed by atoms with Crippen LogP contribution in [0, 0.1) is 0 Å². The maximum absolute atomic E-state index is 12.6. The highest BCUT2D eigenvalue weighted by Gasteiger charge is 2.20. The Morgan fingerprint density at radius 1 is 0.714 bits per heavy atom. The summed E-state index contributed by atoms with van der Waals surface area (Å²) in [6.07, 6.45) is 0. The third kappa shape index (κ3) is 1.96. The second-order valence-electron chi connectivity index (χ2n) is 4.91. The monoisotopic (exact) mass is 291 g/mol. The van der Waals surface area contributed by atoms with Crippen molar-refractivity contribution in [2.75, 3.05) is 0 Å². The van der Waals surface area contributed by atoms with E-state index < -0.39 is 7.65 Å². The Morgan fingerprint density at radius 3 is 2.29 bits per heavy atom. The van der Waals surface area contributed by atoms with Crippen LogP contribution in [0.2, 0.25) is 0 Å². The van der Waals surface area contributed by atoms with Gasteiger partial charge in [-0.2, -0.15) is 0 Å². The lowest BCUT2D eigenvalue weighted by Gasteiger charge is -2.02. The normalized spacial score (nSPS) is 11.9. The van der Waals surface area contributed by atoms with Crippen molar-refractivity contribution < 1.29 is 8.76 Å². The van der Waals surface area contributed by atoms with Crippen LogP contribution in [0.3, 0.4) is 0 Å². The molecule has 4 aromatic rings. The summed E-state index contributed by atoms with van der Waals surface area (Å²) in [5, 5.41) is 2.79. The molecule has 3 heteroatoms. The van der Waals surface area contributed by atoms with E-state index in [9.17, 15) is 4.57 Å². The number of hydrogen-bond acceptors (Lipinski definition) is 2. The van der Waals surface area contributed by atoms with E-state index in [0.29, 0.717) is 5.58 Å². The van der Waals surface area contributed by atoms with Gasteiger partial charge in [-0.05, 0) is 28.3 Å². The topological polar surface area (TPSA) is 30.2 Å². The second kappa shape index (κ2) is 4.83. The molecule has 1 heterocycles. The highest BCUT2D eigenvalue weighted by atomic mass is 31.1. The molecule has 0 aliphatic rings. The molecule has 0 saturated carbocycles. The Bertz CT molecular complexity index is 1000. The molecule has 1 unspecified atom stereocenters. The first kappa shape index (κ1) is 12.3. The Hall–Kier alpha value is -2.44. The molecule has 0 spiro atoms. The maximum Gasteiger partial charge on any atom is 0.598 e. The molecule has 0 radical (unpaired) electrons. The van der Waals surface area contributed by atoms with Gasteiger partial charge in [-0.3, -0.25) is 0 Å². The average Bonchev–Trinajstić information content (AvgIpc) is 2.55. The van der Waals surface area contributed by atoms with E-state index in [0.717, 1.165) is 27.0 Å². The maximum atomic E-state index is 12.6. The molecule has 100 valence electrons. The highest BCUT2D eigenvalue weighted by Crippen LogP contribution is 2.40. The van der Waals surface area contributed by atoms with E-state index in [2.05, 4.69) is 0 Å². The van der Waals surface area contributed by atoms with Gasteiger partial charge in [-0.25, -0.2) is 4.20 Å². The van der Waals surface area contributed by atoms with E-state index in [-0.39, 0.29) is 0 Å². The van der Waals surface area contributed by atoms with Crippen LogP contribution in [-0.2, 0) is 4.57 Å². The molecular formula is C18H12O2P+. The summed E-state index contributed by atoms with van der Waals surface area (Å²) < 4.78 is 18.2. The Balaban J connectivity index is 2.20. The molecule has 0 saturated heterocycles. The fourth-order valence-corrected chi connectivity index (χ4v) is 3.93. The Morgan fingerprint density at radius 2 is 1.43 bits per heavy atom. The van der Waals surface area contributed by atoms with E-state index in [1.807, 2.05) is 72.8 Å². The van der Waals surface area contributed by atoms with Crippen LogP contribution < -0.4 is 0 Å². The summed E-state index contributed by atoms with van der Waals surface area (Å²) in [6, 6.07) is 23.8. The fraction of sp³-hybridized carbons (Fsp3) is 0. The summed E-state index contributed by atoms with van der Waals surface area (Å²) in [6.45, 7) is 0. The molecule has 2 nitrogen and oxygen atoms in total. The molecule has 0 aliphatic carbocycles. The average molecular weight is 291 g/mol. The van der Waals surface area contributed by atoms with Crippen LogP contribution in [0.1, 0.15) is 0 Å². The van der Waals surface area contributed by atoms with E-state index in [1.54, 1.807) is 0 Å². The second-order valence-corrected chi connectivity index (χ2v) is 6.06. The third-order valence-corrected chi connectivity index (χ3v) is 4.87.